The Kier molecular flexibility index (Phi) is 9.80. The van der Waals surface area contributed by atoms with Crippen molar-refractivity contribution in [2.24, 2.45) is 5.16 Å². The molecule has 1 aromatic carbocycles. The highest BCUT2D eigenvalue weighted by Gasteiger charge is 2.07. The zero-order valence-electron chi connectivity index (χ0n) is 15.2. The van der Waals surface area contributed by atoms with Gasteiger partial charge < -0.3 is 29.5 Å². The van der Waals surface area contributed by atoms with Crippen molar-refractivity contribution in [2.45, 2.75) is 6.42 Å². The normalized spacial score (nSPS) is 10.7. The molecule has 0 amide bonds. The number of rotatable bonds is 7. The summed E-state index contributed by atoms with van der Waals surface area (Å²) in [4.78, 5) is 29.5. The van der Waals surface area contributed by atoms with E-state index in [2.05, 4.69) is 29.1 Å². The number of hydrogen-bond donors (Lipinski definition) is 0. The lowest BCUT2D eigenvalue weighted by Crippen LogP contribution is -2.42. The van der Waals surface area contributed by atoms with Crippen LogP contribution in [0.1, 0.15) is 17.5 Å². The topological polar surface area (TPSA) is 118 Å². The molecule has 0 aliphatic rings. The number of carbonyl (C=O) groups excluding carboxylic acids is 2. The van der Waals surface area contributed by atoms with Crippen molar-refractivity contribution in [3.05, 3.63) is 66.0 Å². The molecule has 0 spiro atoms. The Morgan fingerprint density at radius 2 is 1.56 bits per heavy atom. The summed E-state index contributed by atoms with van der Waals surface area (Å²) in [5.41, 5.74) is 2.88. The van der Waals surface area contributed by atoms with Gasteiger partial charge in [-0.1, -0.05) is 35.5 Å². The van der Waals surface area contributed by atoms with Crippen LogP contribution in [-0.2, 0) is 14.4 Å². The lowest BCUT2D eigenvalue weighted by molar-refractivity contribution is -0.345. The molecule has 0 fully saturated rings. The van der Waals surface area contributed by atoms with Crippen molar-refractivity contribution in [1.29, 1.82) is 0 Å². The Hall–Kier alpha value is -3.26. The summed E-state index contributed by atoms with van der Waals surface area (Å²) >= 11 is 0. The van der Waals surface area contributed by atoms with Crippen molar-refractivity contribution in [2.75, 3.05) is 27.2 Å². The molecule has 0 N–H and O–H groups in total. The van der Waals surface area contributed by atoms with Crippen LogP contribution >= 0.6 is 0 Å². The molecule has 0 atom stereocenters. The number of carboxylic acids is 2. The molecule has 0 aliphatic carbocycles. The molecule has 0 saturated carbocycles. The maximum absolute atomic E-state index is 8.93. The first-order valence-electron chi connectivity index (χ1n) is 8.14. The van der Waals surface area contributed by atoms with E-state index in [4.69, 9.17) is 24.6 Å². The van der Waals surface area contributed by atoms with E-state index in [1.165, 1.54) is 0 Å². The molecule has 2 rings (SSSR count). The quantitative estimate of drug-likeness (QED) is 0.273. The lowest BCUT2D eigenvalue weighted by Gasteiger charge is -2.09. The molecule has 144 valence electrons. The summed E-state index contributed by atoms with van der Waals surface area (Å²) in [6, 6.07) is 13.9. The van der Waals surface area contributed by atoms with Gasteiger partial charge >= 0.3 is 0 Å². The van der Waals surface area contributed by atoms with Gasteiger partial charge in [-0.15, -0.1) is 0 Å². The van der Waals surface area contributed by atoms with Gasteiger partial charge in [-0.2, -0.15) is 0 Å². The van der Waals surface area contributed by atoms with E-state index in [0.29, 0.717) is 6.61 Å². The summed E-state index contributed by atoms with van der Waals surface area (Å²) in [6.07, 6.45) is 4.48. The molecule has 8 nitrogen and oxygen atoms in total. The van der Waals surface area contributed by atoms with Gasteiger partial charge in [-0.25, -0.2) is 0 Å². The smallest absolute Gasteiger partial charge is 0.118 e. The zero-order chi connectivity index (χ0) is 20.1. The number of aromatic nitrogens is 1. The number of pyridine rings is 1. The Labute approximate surface area is 157 Å². The van der Waals surface area contributed by atoms with Gasteiger partial charge in [0.1, 0.15) is 12.3 Å². The summed E-state index contributed by atoms with van der Waals surface area (Å²) in [5, 5.41) is 22.2. The van der Waals surface area contributed by atoms with E-state index < -0.39 is 11.9 Å². The highest BCUT2D eigenvalue weighted by molar-refractivity contribution is 6.25. The van der Waals surface area contributed by atoms with E-state index in [0.717, 1.165) is 29.8 Å². The van der Waals surface area contributed by atoms with Gasteiger partial charge in [0.25, 0.3) is 0 Å². The first kappa shape index (κ1) is 21.8. The minimum absolute atomic E-state index is 0.611. The van der Waals surface area contributed by atoms with Crippen LogP contribution < -0.4 is 10.2 Å². The van der Waals surface area contributed by atoms with Crippen molar-refractivity contribution in [3.8, 4) is 0 Å². The minimum Gasteiger partial charge on any atom is -0.543 e. The maximum atomic E-state index is 8.93. The SMILES string of the molecule is CN(C)CCCO/N=C(\c1ccccc1)c1ccncc1.O=C([O-])C(=O)[O-]. The standard InChI is InChI=1S/C17H21N3O.C2H2O4/c1-20(2)13-6-14-21-19-17(15-7-4-3-5-8-15)16-9-11-18-12-10-16;3-1(4)2(5)6/h3-5,7-12H,6,13-14H2,1-2H3;(H,3,4)(H,5,6)/p-2/b19-17+;. The second-order valence-corrected chi connectivity index (χ2v) is 5.61. The molecular weight excluding hydrogens is 350 g/mol. The zero-order valence-corrected chi connectivity index (χ0v) is 15.2. The second-order valence-electron chi connectivity index (χ2n) is 5.61. The fourth-order valence-electron chi connectivity index (χ4n) is 1.93. The highest BCUT2D eigenvalue weighted by atomic mass is 16.6. The Bertz CT molecular complexity index is 680. The molecule has 0 unspecified atom stereocenters. The van der Waals surface area contributed by atoms with Crippen LogP contribution in [-0.4, -0.2) is 54.8 Å². The Balaban J connectivity index is 0.000000527. The summed E-state index contributed by atoms with van der Waals surface area (Å²) in [6.45, 7) is 1.60. The number of hydrogen-bond acceptors (Lipinski definition) is 8. The molecule has 0 radical (unpaired) electrons. The fourth-order valence-corrected chi connectivity index (χ4v) is 1.93. The van der Waals surface area contributed by atoms with Crippen molar-refractivity contribution in [1.82, 2.24) is 9.88 Å². The van der Waals surface area contributed by atoms with Crippen molar-refractivity contribution < 1.29 is 24.6 Å². The number of carboxylic acid groups (broad SMARTS) is 2. The van der Waals surface area contributed by atoms with Crippen LogP contribution in [0, 0.1) is 0 Å². The van der Waals surface area contributed by atoms with E-state index in [-0.39, 0.29) is 0 Å². The lowest BCUT2D eigenvalue weighted by atomic mass is 10.0. The Morgan fingerprint density at radius 3 is 2.07 bits per heavy atom. The monoisotopic (exact) mass is 371 g/mol. The third-order valence-electron chi connectivity index (χ3n) is 3.16. The predicted molar refractivity (Wildman–Crippen MR) is 95.5 cm³/mol. The van der Waals surface area contributed by atoms with E-state index >= 15 is 0 Å². The van der Waals surface area contributed by atoms with Crippen molar-refractivity contribution in [3.63, 3.8) is 0 Å². The Morgan fingerprint density at radius 1 is 1.00 bits per heavy atom. The molecule has 1 aromatic heterocycles. The predicted octanol–water partition coefficient (Wildman–Crippen LogP) is -0.711. The van der Waals surface area contributed by atoms with Crippen LogP contribution in [0.15, 0.2) is 60.0 Å². The van der Waals surface area contributed by atoms with Crippen LogP contribution in [0.25, 0.3) is 0 Å². The second kappa shape index (κ2) is 12.2. The molecule has 1 heterocycles. The van der Waals surface area contributed by atoms with Crippen LogP contribution in [0.5, 0.6) is 0 Å². The average Bonchev–Trinajstić information content (AvgIpc) is 2.66. The molecule has 0 saturated heterocycles. The number of oxime groups is 1. The van der Waals surface area contributed by atoms with Gasteiger partial charge in [0.05, 0.1) is 11.9 Å². The number of aliphatic carboxylic acids is 2. The number of carbonyl (C=O) groups is 2. The van der Waals surface area contributed by atoms with Gasteiger partial charge in [0.15, 0.2) is 0 Å². The third-order valence-corrected chi connectivity index (χ3v) is 3.16. The van der Waals surface area contributed by atoms with Gasteiger partial charge in [0, 0.05) is 30.1 Å². The molecule has 0 aliphatic heterocycles. The molecule has 2 aromatic rings. The third kappa shape index (κ3) is 9.13. The fraction of sp³-hybridized carbons (Fsp3) is 0.263. The summed E-state index contributed by atoms with van der Waals surface area (Å²) < 4.78 is 0. The van der Waals surface area contributed by atoms with Crippen LogP contribution in [0.2, 0.25) is 0 Å². The van der Waals surface area contributed by atoms with Gasteiger partial charge in [0.2, 0.25) is 0 Å². The van der Waals surface area contributed by atoms with Gasteiger partial charge in [-0.05, 0) is 32.6 Å². The summed E-state index contributed by atoms with van der Waals surface area (Å²) in [7, 11) is 4.10. The largest absolute Gasteiger partial charge is 0.543 e. The molecular formula is C19H21N3O5-2. The molecule has 8 heteroatoms. The van der Waals surface area contributed by atoms with Crippen LogP contribution in [0.3, 0.4) is 0 Å². The first-order valence-corrected chi connectivity index (χ1v) is 8.14. The molecule has 27 heavy (non-hydrogen) atoms. The minimum atomic E-state index is -2.19. The first-order chi connectivity index (χ1) is 12.9. The van der Waals surface area contributed by atoms with E-state index in [1.807, 2.05) is 42.5 Å². The number of benzene rings is 1. The van der Waals surface area contributed by atoms with Gasteiger partial charge in [-0.3, -0.25) is 4.98 Å². The highest BCUT2D eigenvalue weighted by Crippen LogP contribution is 2.10. The van der Waals surface area contributed by atoms with E-state index in [9.17, 15) is 0 Å². The molecule has 0 bridgehead atoms. The average molecular weight is 371 g/mol. The van der Waals surface area contributed by atoms with E-state index in [1.54, 1.807) is 12.4 Å². The number of nitrogens with zero attached hydrogens (tertiary/aromatic N) is 3. The summed E-state index contributed by atoms with van der Waals surface area (Å²) in [5.74, 6) is -4.37. The van der Waals surface area contributed by atoms with Crippen LogP contribution in [0.4, 0.5) is 0 Å². The maximum Gasteiger partial charge on any atom is 0.118 e. The van der Waals surface area contributed by atoms with Crippen molar-refractivity contribution >= 4 is 17.7 Å².